The van der Waals surface area contributed by atoms with Crippen LogP contribution in [0, 0.1) is 17.8 Å². The van der Waals surface area contributed by atoms with Gasteiger partial charge >= 0.3 is 5.97 Å². The number of hydrogen-bond acceptors (Lipinski definition) is 14. The van der Waals surface area contributed by atoms with Gasteiger partial charge in [-0.1, -0.05) is 20.8 Å². The number of methoxy groups -OCH3 is 1. The molecule has 52 heavy (non-hydrogen) atoms. The predicted molar refractivity (Wildman–Crippen MR) is 194 cm³/mol. The molecule has 0 aliphatic carbocycles. The van der Waals surface area contributed by atoms with Gasteiger partial charge in [-0.05, 0) is 94.8 Å². The van der Waals surface area contributed by atoms with Gasteiger partial charge in [-0.25, -0.2) is 0 Å². The molecule has 0 bridgehead atoms. The van der Waals surface area contributed by atoms with Gasteiger partial charge in [0.15, 0.2) is 12.6 Å². The first-order valence-electron chi connectivity index (χ1n) is 19.1. The minimum Gasteiger partial charge on any atom is -0.459 e. The summed E-state index contributed by atoms with van der Waals surface area (Å²) in [6.07, 6.45) is -8.19. The molecule has 3 aliphatic heterocycles. The van der Waals surface area contributed by atoms with Gasteiger partial charge < -0.3 is 63.8 Å². The van der Waals surface area contributed by atoms with Crippen LogP contribution in [0.3, 0.4) is 0 Å². The number of cyclic esters (lactones) is 1. The number of aliphatic hydroxyl groups is 5. The maximum absolute atomic E-state index is 14.2. The molecule has 5 N–H and O–H groups in total. The Kier molecular flexibility index (Phi) is 15.6. The highest BCUT2D eigenvalue weighted by atomic mass is 16.7. The van der Waals surface area contributed by atoms with E-state index in [2.05, 4.69) is 0 Å². The minimum atomic E-state index is -1.80. The van der Waals surface area contributed by atoms with Crippen molar-refractivity contribution in [1.82, 2.24) is 9.80 Å². The van der Waals surface area contributed by atoms with Crippen LogP contribution in [-0.2, 0) is 33.2 Å². The van der Waals surface area contributed by atoms with Crippen molar-refractivity contribution in [2.75, 3.05) is 34.8 Å². The highest BCUT2D eigenvalue weighted by Gasteiger charge is 2.52. The van der Waals surface area contributed by atoms with Crippen molar-refractivity contribution in [3.63, 3.8) is 0 Å². The Labute approximate surface area is 312 Å². The molecule has 0 amide bonds. The Hall–Kier alpha value is -1.01. The monoisotopic (exact) mass is 749 g/mol. The molecule has 14 heteroatoms. The van der Waals surface area contributed by atoms with E-state index in [-0.39, 0.29) is 37.3 Å². The normalized spacial score (nSPS) is 49.6. The topological polar surface area (TPSA) is 180 Å². The molecule has 3 heterocycles. The Morgan fingerprint density at radius 3 is 2.12 bits per heavy atom. The van der Waals surface area contributed by atoms with Crippen molar-refractivity contribution in [3.8, 4) is 0 Å². The zero-order valence-electron chi connectivity index (χ0n) is 34.2. The number of esters is 1. The molecule has 0 spiro atoms. The second-order valence-corrected chi connectivity index (χ2v) is 17.2. The maximum atomic E-state index is 14.2. The van der Waals surface area contributed by atoms with Crippen molar-refractivity contribution in [3.05, 3.63) is 0 Å². The molecule has 18 atom stereocenters. The maximum Gasteiger partial charge on any atom is 0.311 e. The van der Waals surface area contributed by atoms with Gasteiger partial charge in [0, 0.05) is 38.1 Å². The van der Waals surface area contributed by atoms with Gasteiger partial charge in [-0.15, -0.1) is 0 Å². The molecule has 3 rings (SSSR count). The third-order valence-electron chi connectivity index (χ3n) is 12.2. The van der Waals surface area contributed by atoms with E-state index >= 15 is 0 Å². The van der Waals surface area contributed by atoms with Crippen molar-refractivity contribution >= 4 is 5.97 Å². The van der Waals surface area contributed by atoms with E-state index in [0.717, 1.165) is 0 Å². The number of carbonyl (C=O) groups excluding carboxylic acids is 1. The van der Waals surface area contributed by atoms with Crippen LogP contribution in [0.15, 0.2) is 0 Å². The Bertz CT molecular complexity index is 1140. The molecule has 3 aliphatic rings. The summed E-state index contributed by atoms with van der Waals surface area (Å²) >= 11 is 0. The molecule has 0 aromatic rings. The lowest BCUT2D eigenvalue weighted by Crippen LogP contribution is -2.60. The summed E-state index contributed by atoms with van der Waals surface area (Å²) < 4.78 is 37.5. The fourth-order valence-corrected chi connectivity index (χ4v) is 8.74. The quantitative estimate of drug-likeness (QED) is 0.238. The van der Waals surface area contributed by atoms with Crippen LogP contribution >= 0.6 is 0 Å². The van der Waals surface area contributed by atoms with Crippen LogP contribution in [0.25, 0.3) is 0 Å². The first-order chi connectivity index (χ1) is 23.9. The van der Waals surface area contributed by atoms with E-state index in [9.17, 15) is 30.3 Å². The largest absolute Gasteiger partial charge is 0.459 e. The van der Waals surface area contributed by atoms with Crippen molar-refractivity contribution in [2.45, 2.75) is 185 Å². The molecule has 14 nitrogen and oxygen atoms in total. The van der Waals surface area contributed by atoms with Crippen molar-refractivity contribution in [1.29, 1.82) is 0 Å². The smallest absolute Gasteiger partial charge is 0.311 e. The Morgan fingerprint density at radius 2 is 1.56 bits per heavy atom. The molecule has 0 radical (unpaired) electrons. The first-order valence-corrected chi connectivity index (χ1v) is 19.1. The standard InChI is InChI=1S/C38H72N2O12/c1-15-27-38(10,46)31(42)24(6)40(13)19-20(2)17-36(8,45)33(52-35-29(41)26(39(11)12)16-21(3)48-35)22(4)30(23(5)34(44)50-27)51-28-18-37(9,47-14)32(43)25(7)49-28/h20-33,35,41-43,45-46H,15-19H2,1-14H3/t20?,21?,22-,23+,24+,25-,26-,27+,28-,29+,30-,31+,32-,33?,35-,36+,37+,38+/m0/s1. The third kappa shape index (κ3) is 10.0. The van der Waals surface area contributed by atoms with Gasteiger partial charge in [-0.3, -0.25) is 4.79 Å². The number of likely N-dealkylation sites (N-methyl/N-ethyl adjacent to an activating group) is 2. The second-order valence-electron chi connectivity index (χ2n) is 17.2. The van der Waals surface area contributed by atoms with E-state index in [4.69, 9.17) is 28.4 Å². The zero-order chi connectivity index (χ0) is 39.7. The van der Waals surface area contributed by atoms with Crippen LogP contribution in [0.5, 0.6) is 0 Å². The lowest BCUT2D eigenvalue weighted by molar-refractivity contribution is -0.318. The summed E-state index contributed by atoms with van der Waals surface area (Å²) in [6.45, 7) is 18.0. The average molecular weight is 749 g/mol. The van der Waals surface area contributed by atoms with Crippen LogP contribution in [0.2, 0.25) is 0 Å². The van der Waals surface area contributed by atoms with Crippen LogP contribution in [0.1, 0.15) is 94.9 Å². The number of carbonyl (C=O) groups is 1. The fourth-order valence-electron chi connectivity index (χ4n) is 8.74. The number of rotatable bonds is 7. The molecular formula is C38H72N2O12. The SMILES string of the molecule is CC[C@H]1OC(=O)[C@H](C)[C@@H](O[C@H]2C[C@@](C)(OC)[C@@H](O)[C@H](C)O2)[C@H](C)C(O[C@@H]2OC(C)C[C@H](N(C)C)[C@H]2O)[C@](C)(O)CC(C)CN(C)[C@H](C)[C@@H](O)[C@]1(C)O. The van der Waals surface area contributed by atoms with Gasteiger partial charge in [0.2, 0.25) is 0 Å². The zero-order valence-corrected chi connectivity index (χ0v) is 34.2. The number of nitrogens with zero attached hydrogens (tertiary/aromatic N) is 2. The van der Waals surface area contributed by atoms with Crippen LogP contribution in [0.4, 0.5) is 0 Å². The van der Waals surface area contributed by atoms with Gasteiger partial charge in [0.25, 0.3) is 0 Å². The van der Waals surface area contributed by atoms with Crippen molar-refractivity contribution < 1.29 is 58.7 Å². The number of aliphatic hydroxyl groups excluding tert-OH is 3. The van der Waals surface area contributed by atoms with Gasteiger partial charge in [-0.2, -0.15) is 0 Å². The van der Waals surface area contributed by atoms with E-state index in [0.29, 0.717) is 13.0 Å². The molecule has 3 unspecified atom stereocenters. The average Bonchev–Trinajstić information content (AvgIpc) is 3.05. The summed E-state index contributed by atoms with van der Waals surface area (Å²) in [5.74, 6) is -2.58. The second kappa shape index (κ2) is 17.8. The molecule has 3 saturated heterocycles. The first kappa shape index (κ1) is 45.4. The molecule has 0 saturated carbocycles. The predicted octanol–water partition coefficient (Wildman–Crippen LogP) is 1.90. The third-order valence-corrected chi connectivity index (χ3v) is 12.2. The molecule has 3 fully saturated rings. The lowest BCUT2D eigenvalue weighted by atomic mass is 9.77. The van der Waals surface area contributed by atoms with E-state index in [1.165, 1.54) is 14.0 Å². The summed E-state index contributed by atoms with van der Waals surface area (Å²) in [4.78, 5) is 18.0. The highest BCUT2D eigenvalue weighted by molar-refractivity contribution is 5.73. The highest BCUT2D eigenvalue weighted by Crippen LogP contribution is 2.40. The van der Waals surface area contributed by atoms with Crippen molar-refractivity contribution in [2.24, 2.45) is 17.8 Å². The summed E-state index contributed by atoms with van der Waals surface area (Å²) in [5, 5.41) is 58.1. The molecular weight excluding hydrogens is 676 g/mol. The number of ether oxygens (including phenoxy) is 6. The van der Waals surface area contributed by atoms with Crippen LogP contribution < -0.4 is 0 Å². The summed E-state index contributed by atoms with van der Waals surface area (Å²) in [6, 6.07) is -0.808. The molecule has 306 valence electrons. The summed E-state index contributed by atoms with van der Waals surface area (Å²) in [5.41, 5.74) is -4.37. The number of hydrogen-bond donors (Lipinski definition) is 5. The summed E-state index contributed by atoms with van der Waals surface area (Å²) in [7, 11) is 7.12. The molecule has 0 aromatic carbocycles. The lowest BCUT2D eigenvalue weighted by Gasteiger charge is -2.48. The minimum absolute atomic E-state index is 0.133. The fraction of sp³-hybridized carbons (Fsp3) is 0.974. The Morgan fingerprint density at radius 1 is 0.942 bits per heavy atom. The van der Waals surface area contributed by atoms with E-state index < -0.39 is 96.0 Å². The van der Waals surface area contributed by atoms with E-state index in [1.54, 1.807) is 41.5 Å². The van der Waals surface area contributed by atoms with Gasteiger partial charge in [0.05, 0.1) is 41.5 Å². The van der Waals surface area contributed by atoms with E-state index in [1.807, 2.05) is 51.7 Å². The Balaban J connectivity index is 2.17. The van der Waals surface area contributed by atoms with Gasteiger partial charge in [0.1, 0.15) is 30.0 Å². The van der Waals surface area contributed by atoms with Crippen LogP contribution in [-0.4, -0.2) is 166 Å². The molecule has 0 aromatic heterocycles.